The van der Waals surface area contributed by atoms with Gasteiger partial charge in [0.05, 0.1) is 5.56 Å². The number of aliphatic hydroxyl groups excluding tert-OH is 2. The third-order valence-electron chi connectivity index (χ3n) is 10.8. The highest BCUT2D eigenvalue weighted by atomic mass is 16.3. The number of rotatable bonds is 7. The molecule has 0 amide bonds. The molecule has 0 spiro atoms. The molecular formula is C40H48O7. The molecule has 2 aromatic carbocycles. The molecule has 4 atom stereocenters. The summed E-state index contributed by atoms with van der Waals surface area (Å²) in [7, 11) is 0. The molecule has 1 fully saturated rings. The monoisotopic (exact) mass is 640 g/mol. The smallest absolute Gasteiger partial charge is 0.203 e. The molecule has 3 aliphatic carbocycles. The third kappa shape index (κ3) is 5.27. The minimum absolute atomic E-state index is 0.0512. The van der Waals surface area contributed by atoms with Crippen LogP contribution < -0.4 is 0 Å². The Kier molecular flexibility index (Phi) is 8.28. The van der Waals surface area contributed by atoms with Gasteiger partial charge in [-0.15, -0.1) is 0 Å². The van der Waals surface area contributed by atoms with E-state index in [1.807, 2.05) is 19.1 Å². The lowest BCUT2D eigenvalue weighted by Crippen LogP contribution is -2.69. The lowest BCUT2D eigenvalue weighted by atomic mass is 9.43. The van der Waals surface area contributed by atoms with Gasteiger partial charge in [-0.05, 0) is 78.7 Å². The number of carbonyl (C=O) groups excluding carboxylic acids is 3. The Morgan fingerprint density at radius 2 is 1.64 bits per heavy atom. The van der Waals surface area contributed by atoms with Gasteiger partial charge in [0.15, 0.2) is 17.2 Å². The van der Waals surface area contributed by atoms with Crippen LogP contribution >= 0.6 is 0 Å². The number of benzene rings is 2. The first-order valence-corrected chi connectivity index (χ1v) is 16.5. The lowest BCUT2D eigenvalue weighted by molar-refractivity contribution is -0.178. The van der Waals surface area contributed by atoms with E-state index in [1.54, 1.807) is 26.8 Å². The van der Waals surface area contributed by atoms with Crippen LogP contribution in [-0.2, 0) is 27.2 Å². The number of allylic oxidation sites excluding steroid dienone is 2. The van der Waals surface area contributed by atoms with Crippen LogP contribution in [-0.4, -0.2) is 43.4 Å². The number of phenolic OH excluding ortho intramolecular Hbond substituents is 1. The molecule has 0 aliphatic heterocycles. The molecule has 5 rings (SSSR count). The largest absolute Gasteiger partial charge is 0.508 e. The molecule has 1 saturated carbocycles. The van der Waals surface area contributed by atoms with E-state index >= 15 is 0 Å². The maximum Gasteiger partial charge on any atom is 0.203 e. The van der Waals surface area contributed by atoms with E-state index in [4.69, 9.17) is 0 Å². The fourth-order valence-electron chi connectivity index (χ4n) is 8.72. The van der Waals surface area contributed by atoms with Gasteiger partial charge >= 0.3 is 0 Å². The number of aliphatic hydroxyl groups is 3. The van der Waals surface area contributed by atoms with Crippen molar-refractivity contribution in [3.8, 4) is 16.9 Å². The van der Waals surface area contributed by atoms with Gasteiger partial charge in [0.2, 0.25) is 5.78 Å². The summed E-state index contributed by atoms with van der Waals surface area (Å²) in [5.74, 6) is -5.31. The summed E-state index contributed by atoms with van der Waals surface area (Å²) in [6.45, 7) is 19.1. The predicted octanol–water partition coefficient (Wildman–Crippen LogP) is 7.78. The normalized spacial score (nSPS) is 27.5. The molecule has 0 bridgehead atoms. The molecule has 1 unspecified atom stereocenters. The molecule has 0 saturated heterocycles. The molecular weight excluding hydrogens is 592 g/mol. The highest BCUT2D eigenvalue weighted by Gasteiger charge is 2.72. The van der Waals surface area contributed by atoms with E-state index in [0.717, 1.165) is 48.4 Å². The number of ketones is 3. The molecule has 0 radical (unpaired) electrons. The summed E-state index contributed by atoms with van der Waals surface area (Å²) >= 11 is 0. The minimum atomic E-state index is -2.63. The fourth-order valence-corrected chi connectivity index (χ4v) is 8.72. The lowest BCUT2D eigenvalue weighted by Gasteiger charge is -2.59. The van der Waals surface area contributed by atoms with E-state index in [-0.39, 0.29) is 41.1 Å². The van der Waals surface area contributed by atoms with Gasteiger partial charge in [-0.25, -0.2) is 0 Å². The van der Waals surface area contributed by atoms with Crippen molar-refractivity contribution in [1.29, 1.82) is 0 Å². The maximum absolute atomic E-state index is 14.5. The molecule has 4 N–H and O–H groups in total. The Hall–Kier alpha value is -3.97. The van der Waals surface area contributed by atoms with Crippen LogP contribution in [0.5, 0.6) is 5.75 Å². The Morgan fingerprint density at radius 1 is 1.02 bits per heavy atom. The number of fused-ring (bicyclic) bond motifs is 3. The second kappa shape index (κ2) is 11.3. The van der Waals surface area contributed by atoms with E-state index in [9.17, 15) is 34.8 Å². The highest BCUT2D eigenvalue weighted by Crippen LogP contribution is 2.65. The molecule has 7 heteroatoms. The van der Waals surface area contributed by atoms with Gasteiger partial charge in [0.1, 0.15) is 22.8 Å². The summed E-state index contributed by atoms with van der Waals surface area (Å²) in [6.07, 6.45) is 3.04. The number of aromatic hydroxyl groups is 1. The standard InChI is InChI=1S/C40H48O7/c1-21(2)31-33(43)29(23(4)41)35(45)40(47)36(46)32-34(44)30-27(19-38(32,8)20-39(31,40)9)26(14-15-28(30)42)25-12-10-24(11-13-25)18-22(3)16-17-37(5,6)7/h10-15,21,31,42,44-45,47H,3,16-20H2,1-2,4-9H3/t31?,38-,39-,40+/m1/s1. The zero-order chi connectivity index (χ0) is 35.0. The van der Waals surface area contributed by atoms with Crippen molar-refractivity contribution in [1.82, 2.24) is 0 Å². The van der Waals surface area contributed by atoms with Crippen molar-refractivity contribution in [3.05, 3.63) is 82.1 Å². The van der Waals surface area contributed by atoms with Crippen LogP contribution in [0, 0.1) is 28.1 Å². The van der Waals surface area contributed by atoms with Gasteiger partial charge in [0, 0.05) is 22.3 Å². The zero-order valence-corrected chi connectivity index (χ0v) is 28.9. The topological polar surface area (TPSA) is 132 Å². The van der Waals surface area contributed by atoms with Crippen LogP contribution in [0.25, 0.3) is 16.9 Å². The Morgan fingerprint density at radius 3 is 2.19 bits per heavy atom. The van der Waals surface area contributed by atoms with Gasteiger partial charge in [-0.2, -0.15) is 0 Å². The first kappa shape index (κ1) is 34.4. The number of phenols is 1. The van der Waals surface area contributed by atoms with Gasteiger partial charge in [-0.1, -0.05) is 91.0 Å². The zero-order valence-electron chi connectivity index (χ0n) is 28.9. The van der Waals surface area contributed by atoms with Crippen LogP contribution in [0.4, 0.5) is 0 Å². The average molecular weight is 641 g/mol. The van der Waals surface area contributed by atoms with Crippen LogP contribution in [0.3, 0.4) is 0 Å². The molecule has 250 valence electrons. The number of hydrogen-bond donors (Lipinski definition) is 4. The first-order valence-electron chi connectivity index (χ1n) is 16.5. The van der Waals surface area contributed by atoms with Crippen LogP contribution in [0.1, 0.15) is 91.3 Å². The predicted molar refractivity (Wildman–Crippen MR) is 183 cm³/mol. The molecule has 7 nitrogen and oxygen atoms in total. The summed E-state index contributed by atoms with van der Waals surface area (Å²) in [6, 6.07) is 11.4. The van der Waals surface area contributed by atoms with E-state index < -0.39 is 56.8 Å². The second-order valence-electron chi connectivity index (χ2n) is 16.1. The summed E-state index contributed by atoms with van der Waals surface area (Å²) in [5, 5.41) is 46.5. The number of carbonyl (C=O) groups is 3. The molecule has 47 heavy (non-hydrogen) atoms. The van der Waals surface area contributed by atoms with E-state index in [1.165, 1.54) is 6.07 Å². The minimum Gasteiger partial charge on any atom is -0.508 e. The number of Topliss-reactive ketones (excluding diaryl/α,β-unsaturated/α-hetero) is 3. The van der Waals surface area contributed by atoms with Gasteiger partial charge in [-0.3, -0.25) is 14.4 Å². The summed E-state index contributed by atoms with van der Waals surface area (Å²) in [4.78, 5) is 40.9. The van der Waals surface area contributed by atoms with Crippen molar-refractivity contribution >= 4 is 23.1 Å². The Balaban J connectivity index is 1.62. The third-order valence-corrected chi connectivity index (χ3v) is 10.8. The molecule has 0 heterocycles. The maximum atomic E-state index is 14.5. The molecule has 3 aliphatic rings. The summed E-state index contributed by atoms with van der Waals surface area (Å²) < 4.78 is 0. The molecule has 2 aromatic rings. The van der Waals surface area contributed by atoms with Crippen molar-refractivity contribution < 1.29 is 34.8 Å². The van der Waals surface area contributed by atoms with Gasteiger partial charge in [0.25, 0.3) is 0 Å². The average Bonchev–Trinajstić information content (AvgIpc) is 2.94. The second-order valence-corrected chi connectivity index (χ2v) is 16.1. The summed E-state index contributed by atoms with van der Waals surface area (Å²) in [5.41, 5.74) is -1.00. The van der Waals surface area contributed by atoms with Crippen LogP contribution in [0.2, 0.25) is 0 Å². The first-order chi connectivity index (χ1) is 21.7. The van der Waals surface area contributed by atoms with E-state index in [0.29, 0.717) is 5.56 Å². The van der Waals surface area contributed by atoms with Crippen molar-refractivity contribution in [2.75, 3.05) is 0 Å². The highest BCUT2D eigenvalue weighted by molar-refractivity contribution is 6.24. The molecule has 0 aromatic heterocycles. The number of hydrogen-bond acceptors (Lipinski definition) is 7. The SMILES string of the molecule is C=C(CCC(C)(C)C)Cc1ccc(-c2ccc(O)c3c2C[C@]2(C)C[C@]4(C)C(C(C)C)C(=O)C(C(C)=O)=C(O)[C@]4(O)C(=O)C2=C3O)cc1. The quantitative estimate of drug-likeness (QED) is 0.179. The van der Waals surface area contributed by atoms with Crippen LogP contribution in [0.15, 0.2) is 65.5 Å². The fraction of sp³-hybridized carbons (Fsp3) is 0.475. The van der Waals surface area contributed by atoms with Crippen molar-refractivity contribution in [2.45, 2.75) is 93.1 Å². The van der Waals surface area contributed by atoms with Crippen molar-refractivity contribution in [3.63, 3.8) is 0 Å². The Labute approximate surface area is 277 Å². The Bertz CT molecular complexity index is 1770. The van der Waals surface area contributed by atoms with Gasteiger partial charge < -0.3 is 20.4 Å². The van der Waals surface area contributed by atoms with E-state index in [2.05, 4.69) is 39.5 Å². The van der Waals surface area contributed by atoms with Crippen molar-refractivity contribution in [2.24, 2.45) is 28.1 Å².